The van der Waals surface area contributed by atoms with Crippen LogP contribution in [0.1, 0.15) is 70.6 Å². The standard InChI is InChI=1S/C21H34O3S/c22-21(23)11-7-2-1-6-10-17-18(20-13-12-19(17)24-20)15-25-14-16-8-4-3-5-9-16/h1,6,16-20H,2-5,7-15H2,(H,22,23)/b6-1-/t17-,18-,19-,20+/m1/s1. The Morgan fingerprint density at radius 1 is 1.00 bits per heavy atom. The van der Waals surface area contributed by atoms with Crippen LogP contribution in [0.25, 0.3) is 0 Å². The van der Waals surface area contributed by atoms with E-state index in [9.17, 15) is 4.79 Å². The molecule has 4 heteroatoms. The van der Waals surface area contributed by atoms with E-state index < -0.39 is 5.97 Å². The second-order valence-electron chi connectivity index (χ2n) is 8.15. The summed E-state index contributed by atoms with van der Waals surface area (Å²) in [7, 11) is 0. The van der Waals surface area contributed by atoms with Gasteiger partial charge in [-0.3, -0.25) is 4.79 Å². The van der Waals surface area contributed by atoms with Crippen molar-refractivity contribution in [1.29, 1.82) is 0 Å². The number of rotatable bonds is 10. The number of hydrogen-bond acceptors (Lipinski definition) is 3. The zero-order valence-electron chi connectivity index (χ0n) is 15.4. The molecule has 3 fully saturated rings. The lowest BCUT2D eigenvalue weighted by Gasteiger charge is -2.28. The van der Waals surface area contributed by atoms with Gasteiger partial charge < -0.3 is 9.84 Å². The summed E-state index contributed by atoms with van der Waals surface area (Å²) in [5, 5.41) is 8.68. The molecule has 3 rings (SSSR count). The fourth-order valence-corrected chi connectivity index (χ4v) is 6.43. The van der Waals surface area contributed by atoms with E-state index in [1.54, 1.807) is 0 Å². The SMILES string of the molecule is O=C(O)CCC/C=C\C[C@@H]1[C@@H](CSCC2CCCCC2)[C@@H]2CC[C@H]1O2. The molecule has 142 valence electrons. The normalized spacial score (nSPS) is 32.6. The molecule has 0 aromatic rings. The number of ether oxygens (including phenoxy) is 1. The average Bonchev–Trinajstić information content (AvgIpc) is 3.21. The van der Waals surface area contributed by atoms with Crippen LogP contribution in [0.15, 0.2) is 12.2 Å². The lowest BCUT2D eigenvalue weighted by Crippen LogP contribution is -2.29. The number of allylic oxidation sites excluding steroid dienone is 2. The van der Waals surface area contributed by atoms with Crippen molar-refractivity contribution in [2.75, 3.05) is 11.5 Å². The number of unbranched alkanes of at least 4 members (excludes halogenated alkanes) is 1. The molecule has 2 heterocycles. The Morgan fingerprint density at radius 3 is 2.52 bits per heavy atom. The molecule has 1 N–H and O–H groups in total. The average molecular weight is 367 g/mol. The number of hydrogen-bond donors (Lipinski definition) is 1. The van der Waals surface area contributed by atoms with Gasteiger partial charge in [0.1, 0.15) is 0 Å². The third-order valence-corrected chi connectivity index (χ3v) is 7.64. The summed E-state index contributed by atoms with van der Waals surface area (Å²) in [5.41, 5.74) is 0. The summed E-state index contributed by atoms with van der Waals surface area (Å²) >= 11 is 2.18. The first kappa shape index (κ1) is 19.3. The van der Waals surface area contributed by atoms with Crippen LogP contribution in [-0.4, -0.2) is 34.8 Å². The highest BCUT2D eigenvalue weighted by atomic mass is 32.2. The quantitative estimate of drug-likeness (QED) is 0.421. The van der Waals surface area contributed by atoms with E-state index in [1.807, 2.05) is 0 Å². The zero-order chi connectivity index (χ0) is 17.5. The lowest BCUT2D eigenvalue weighted by molar-refractivity contribution is -0.137. The van der Waals surface area contributed by atoms with Gasteiger partial charge >= 0.3 is 5.97 Å². The number of carbonyl (C=O) groups is 1. The molecule has 0 aromatic heterocycles. The summed E-state index contributed by atoms with van der Waals surface area (Å²) in [6, 6.07) is 0. The molecule has 4 atom stereocenters. The molecule has 2 saturated heterocycles. The van der Waals surface area contributed by atoms with Gasteiger partial charge in [-0.15, -0.1) is 0 Å². The maximum atomic E-state index is 10.5. The summed E-state index contributed by atoms with van der Waals surface area (Å²) < 4.78 is 6.22. The lowest BCUT2D eigenvalue weighted by atomic mass is 9.78. The largest absolute Gasteiger partial charge is 0.481 e. The minimum absolute atomic E-state index is 0.280. The van der Waals surface area contributed by atoms with Crippen molar-refractivity contribution in [3.63, 3.8) is 0 Å². The third kappa shape index (κ3) is 5.75. The predicted octanol–water partition coefficient (Wildman–Crippen LogP) is 5.29. The zero-order valence-corrected chi connectivity index (χ0v) is 16.2. The molecular formula is C21H34O3S. The Labute approximate surface area is 157 Å². The second-order valence-corrected chi connectivity index (χ2v) is 9.23. The van der Waals surface area contributed by atoms with Gasteiger partial charge in [0.25, 0.3) is 0 Å². The number of carboxylic acids is 1. The molecule has 0 spiro atoms. The first-order valence-corrected chi connectivity index (χ1v) is 11.5. The van der Waals surface area contributed by atoms with Crippen LogP contribution < -0.4 is 0 Å². The van der Waals surface area contributed by atoms with E-state index in [1.165, 1.54) is 56.5 Å². The van der Waals surface area contributed by atoms with E-state index in [0.717, 1.165) is 31.1 Å². The highest BCUT2D eigenvalue weighted by Gasteiger charge is 2.47. The second kappa shape index (κ2) is 10.0. The van der Waals surface area contributed by atoms with E-state index in [-0.39, 0.29) is 6.42 Å². The van der Waals surface area contributed by atoms with Crippen molar-refractivity contribution in [3.05, 3.63) is 12.2 Å². The Bertz CT molecular complexity index is 444. The van der Waals surface area contributed by atoms with Gasteiger partial charge in [0.05, 0.1) is 12.2 Å². The van der Waals surface area contributed by atoms with E-state index in [4.69, 9.17) is 9.84 Å². The van der Waals surface area contributed by atoms with Gasteiger partial charge in [0.2, 0.25) is 0 Å². The molecule has 0 unspecified atom stereocenters. The topological polar surface area (TPSA) is 46.5 Å². The van der Waals surface area contributed by atoms with Crippen LogP contribution in [0.2, 0.25) is 0 Å². The highest BCUT2D eigenvalue weighted by molar-refractivity contribution is 7.99. The van der Waals surface area contributed by atoms with Crippen LogP contribution >= 0.6 is 11.8 Å². The van der Waals surface area contributed by atoms with E-state index in [0.29, 0.717) is 18.1 Å². The summed E-state index contributed by atoms with van der Waals surface area (Å²) in [6.45, 7) is 0. The van der Waals surface area contributed by atoms with Crippen LogP contribution in [0, 0.1) is 17.8 Å². The first-order valence-electron chi connectivity index (χ1n) is 10.3. The number of carboxylic acid groups (broad SMARTS) is 1. The van der Waals surface area contributed by atoms with Crippen LogP contribution in [0.3, 0.4) is 0 Å². The summed E-state index contributed by atoms with van der Waals surface area (Å²) in [4.78, 5) is 10.5. The number of fused-ring (bicyclic) bond motifs is 2. The first-order chi connectivity index (χ1) is 12.2. The molecular weight excluding hydrogens is 332 g/mol. The van der Waals surface area contributed by atoms with Crippen molar-refractivity contribution in [2.45, 2.75) is 82.8 Å². The van der Waals surface area contributed by atoms with Crippen LogP contribution in [0.5, 0.6) is 0 Å². The van der Waals surface area contributed by atoms with Gasteiger partial charge in [-0.25, -0.2) is 0 Å². The number of aliphatic carboxylic acids is 1. The van der Waals surface area contributed by atoms with Gasteiger partial charge in [-0.05, 0) is 74.2 Å². The minimum Gasteiger partial charge on any atom is -0.481 e. The van der Waals surface area contributed by atoms with Gasteiger partial charge in [0, 0.05) is 6.42 Å². The minimum atomic E-state index is -0.690. The molecule has 0 amide bonds. The van der Waals surface area contributed by atoms with E-state index >= 15 is 0 Å². The Balaban J connectivity index is 1.38. The third-order valence-electron chi connectivity index (χ3n) is 6.32. The van der Waals surface area contributed by atoms with Gasteiger partial charge in [-0.2, -0.15) is 11.8 Å². The molecule has 1 aliphatic carbocycles. The smallest absolute Gasteiger partial charge is 0.303 e. The van der Waals surface area contributed by atoms with Gasteiger partial charge in [0.15, 0.2) is 0 Å². The molecule has 1 saturated carbocycles. The summed E-state index contributed by atoms with van der Waals surface area (Å²) in [5.74, 6) is 4.32. The molecule has 3 aliphatic rings. The summed E-state index contributed by atoms with van der Waals surface area (Å²) in [6.07, 6.45) is 18.2. The fraction of sp³-hybridized carbons (Fsp3) is 0.857. The molecule has 0 radical (unpaired) electrons. The maximum Gasteiger partial charge on any atom is 0.303 e. The fourth-order valence-electron chi connectivity index (χ4n) is 4.89. The Hall–Kier alpha value is -0.480. The van der Waals surface area contributed by atoms with Crippen LogP contribution in [-0.2, 0) is 9.53 Å². The monoisotopic (exact) mass is 366 g/mol. The van der Waals surface area contributed by atoms with Gasteiger partial charge in [-0.1, -0.05) is 31.4 Å². The highest BCUT2D eigenvalue weighted by Crippen LogP contribution is 2.46. The number of thioether (sulfide) groups is 1. The molecule has 0 aromatic carbocycles. The Kier molecular flexibility index (Phi) is 7.72. The Morgan fingerprint density at radius 2 is 1.76 bits per heavy atom. The van der Waals surface area contributed by atoms with Crippen molar-refractivity contribution in [3.8, 4) is 0 Å². The van der Waals surface area contributed by atoms with Crippen molar-refractivity contribution in [1.82, 2.24) is 0 Å². The van der Waals surface area contributed by atoms with Crippen LogP contribution in [0.4, 0.5) is 0 Å². The molecule has 25 heavy (non-hydrogen) atoms. The van der Waals surface area contributed by atoms with Crippen molar-refractivity contribution < 1.29 is 14.6 Å². The molecule has 2 aliphatic heterocycles. The van der Waals surface area contributed by atoms with Crippen molar-refractivity contribution >= 4 is 17.7 Å². The maximum absolute atomic E-state index is 10.5. The molecule has 3 nitrogen and oxygen atoms in total. The van der Waals surface area contributed by atoms with Crippen molar-refractivity contribution in [2.24, 2.45) is 17.8 Å². The molecule has 2 bridgehead atoms. The predicted molar refractivity (Wildman–Crippen MR) is 104 cm³/mol. The van der Waals surface area contributed by atoms with E-state index in [2.05, 4.69) is 23.9 Å².